The Balaban J connectivity index is 2.88. The van der Waals surface area contributed by atoms with Crippen molar-refractivity contribution in [3.63, 3.8) is 0 Å². The highest BCUT2D eigenvalue weighted by Gasteiger charge is 2.19. The molecule has 0 aliphatic rings. The monoisotopic (exact) mass is 288 g/mol. The molecule has 1 N–H and O–H groups in total. The summed E-state index contributed by atoms with van der Waals surface area (Å²) in [6, 6.07) is 8.35. The van der Waals surface area contributed by atoms with Crippen molar-refractivity contribution in [2.75, 3.05) is 4.72 Å². The van der Waals surface area contributed by atoms with Gasteiger partial charge in [0.2, 0.25) is 10.0 Å². The molecule has 6 heteroatoms. The predicted octanol–water partition coefficient (Wildman–Crippen LogP) is 2.10. The maximum absolute atomic E-state index is 11.5. The van der Waals surface area contributed by atoms with Crippen molar-refractivity contribution in [2.24, 2.45) is 0 Å². The molecule has 1 aromatic rings. The first-order chi connectivity index (χ1) is 6.95. The molecule has 0 bridgehead atoms. The fourth-order valence-electron chi connectivity index (χ4n) is 0.840. The summed E-state index contributed by atoms with van der Waals surface area (Å²) < 4.78 is 26.1. The Morgan fingerprint density at radius 1 is 1.40 bits per heavy atom. The van der Waals surface area contributed by atoms with Gasteiger partial charge in [-0.2, -0.15) is 5.26 Å². The number of hydrogen-bond donors (Lipinski definition) is 1. The fourth-order valence-corrected chi connectivity index (χ4v) is 1.88. The summed E-state index contributed by atoms with van der Waals surface area (Å²) in [5.74, 6) is 0. The first-order valence-electron chi connectivity index (χ1n) is 4.12. The van der Waals surface area contributed by atoms with Crippen LogP contribution >= 0.6 is 15.9 Å². The highest BCUT2D eigenvalue weighted by Crippen LogP contribution is 2.16. The normalized spacial score (nSPS) is 12.9. The topological polar surface area (TPSA) is 70.0 Å². The van der Waals surface area contributed by atoms with E-state index >= 15 is 0 Å². The SMILES string of the molecule is CC(C#N)S(=O)(=O)Nc1ccc(Br)cc1. The van der Waals surface area contributed by atoms with Crippen molar-refractivity contribution < 1.29 is 8.42 Å². The molecule has 1 unspecified atom stereocenters. The molecule has 0 amide bonds. The quantitative estimate of drug-likeness (QED) is 0.926. The van der Waals surface area contributed by atoms with Crippen molar-refractivity contribution in [1.29, 1.82) is 5.26 Å². The molecular formula is C9H9BrN2O2S. The van der Waals surface area contributed by atoms with E-state index in [0.29, 0.717) is 5.69 Å². The molecule has 0 radical (unpaired) electrons. The van der Waals surface area contributed by atoms with Crippen LogP contribution in [0.25, 0.3) is 0 Å². The third kappa shape index (κ3) is 3.22. The van der Waals surface area contributed by atoms with Crippen LogP contribution in [-0.2, 0) is 10.0 Å². The van der Waals surface area contributed by atoms with E-state index in [1.165, 1.54) is 6.92 Å². The maximum atomic E-state index is 11.5. The number of rotatable bonds is 3. The molecule has 0 aromatic heterocycles. The van der Waals surface area contributed by atoms with Crippen LogP contribution in [-0.4, -0.2) is 13.7 Å². The summed E-state index contributed by atoms with van der Waals surface area (Å²) in [5, 5.41) is 7.45. The van der Waals surface area contributed by atoms with Gasteiger partial charge in [-0.25, -0.2) is 8.42 Å². The van der Waals surface area contributed by atoms with E-state index < -0.39 is 15.3 Å². The van der Waals surface area contributed by atoms with E-state index in [0.717, 1.165) is 4.47 Å². The highest BCUT2D eigenvalue weighted by molar-refractivity contribution is 9.10. The van der Waals surface area contributed by atoms with E-state index in [-0.39, 0.29) is 0 Å². The second kappa shape index (κ2) is 4.64. The molecule has 0 aliphatic carbocycles. The average Bonchev–Trinajstić information content (AvgIpc) is 2.20. The molecule has 0 saturated carbocycles. The van der Waals surface area contributed by atoms with Gasteiger partial charge in [0.05, 0.1) is 6.07 Å². The van der Waals surface area contributed by atoms with Gasteiger partial charge in [0.25, 0.3) is 0 Å². The van der Waals surface area contributed by atoms with Crippen LogP contribution in [0.5, 0.6) is 0 Å². The number of nitrogens with one attached hydrogen (secondary N) is 1. The Kier molecular flexibility index (Phi) is 3.72. The minimum absolute atomic E-state index is 0.445. The second-order valence-electron chi connectivity index (χ2n) is 2.93. The Hall–Kier alpha value is -1.06. The molecule has 80 valence electrons. The molecule has 0 heterocycles. The maximum Gasteiger partial charge on any atom is 0.248 e. The number of nitriles is 1. The number of halogens is 1. The lowest BCUT2D eigenvalue weighted by molar-refractivity contribution is 0.597. The molecule has 0 spiro atoms. The van der Waals surface area contributed by atoms with Gasteiger partial charge in [-0.05, 0) is 31.2 Å². The van der Waals surface area contributed by atoms with E-state index in [1.807, 2.05) is 0 Å². The molecule has 0 saturated heterocycles. The van der Waals surface area contributed by atoms with Crippen molar-refractivity contribution >= 4 is 31.6 Å². The molecule has 1 aromatic carbocycles. The van der Waals surface area contributed by atoms with Crippen molar-refractivity contribution in [2.45, 2.75) is 12.2 Å². The van der Waals surface area contributed by atoms with Crippen LogP contribution in [0.1, 0.15) is 6.92 Å². The van der Waals surface area contributed by atoms with Gasteiger partial charge < -0.3 is 0 Å². The fraction of sp³-hybridized carbons (Fsp3) is 0.222. The molecule has 0 fully saturated rings. The lowest BCUT2D eigenvalue weighted by atomic mass is 10.3. The van der Waals surface area contributed by atoms with Crippen LogP contribution in [0.2, 0.25) is 0 Å². The van der Waals surface area contributed by atoms with E-state index in [9.17, 15) is 8.42 Å². The first-order valence-corrected chi connectivity index (χ1v) is 6.46. The second-order valence-corrected chi connectivity index (χ2v) is 5.84. The highest BCUT2D eigenvalue weighted by atomic mass is 79.9. The Morgan fingerprint density at radius 3 is 2.40 bits per heavy atom. The van der Waals surface area contributed by atoms with Gasteiger partial charge in [-0.1, -0.05) is 15.9 Å². The van der Waals surface area contributed by atoms with Gasteiger partial charge >= 0.3 is 0 Å². The summed E-state index contributed by atoms with van der Waals surface area (Å²) in [4.78, 5) is 0. The van der Waals surface area contributed by atoms with Crippen LogP contribution in [0.4, 0.5) is 5.69 Å². The van der Waals surface area contributed by atoms with Gasteiger partial charge in [0.15, 0.2) is 5.25 Å². The zero-order valence-electron chi connectivity index (χ0n) is 7.94. The number of sulfonamides is 1. The zero-order chi connectivity index (χ0) is 11.5. The van der Waals surface area contributed by atoms with Crippen LogP contribution in [0, 0.1) is 11.3 Å². The summed E-state index contributed by atoms with van der Waals surface area (Å²) in [6.07, 6.45) is 0. The van der Waals surface area contributed by atoms with Crippen molar-refractivity contribution in [1.82, 2.24) is 0 Å². The van der Waals surface area contributed by atoms with Crippen molar-refractivity contribution in [3.05, 3.63) is 28.7 Å². The van der Waals surface area contributed by atoms with Crippen LogP contribution in [0.3, 0.4) is 0 Å². The lowest BCUT2D eigenvalue weighted by Crippen LogP contribution is -2.23. The lowest BCUT2D eigenvalue weighted by Gasteiger charge is -2.08. The van der Waals surface area contributed by atoms with Crippen LogP contribution in [0.15, 0.2) is 28.7 Å². The van der Waals surface area contributed by atoms with Gasteiger partial charge in [0, 0.05) is 10.2 Å². The summed E-state index contributed by atoms with van der Waals surface area (Å²) in [6.45, 7) is 1.33. The molecule has 0 aliphatic heterocycles. The Bertz CT molecular complexity index is 476. The molecule has 4 nitrogen and oxygen atoms in total. The minimum Gasteiger partial charge on any atom is -0.282 e. The Morgan fingerprint density at radius 2 is 1.93 bits per heavy atom. The summed E-state index contributed by atoms with van der Waals surface area (Å²) >= 11 is 3.24. The van der Waals surface area contributed by atoms with Gasteiger partial charge in [-0.3, -0.25) is 4.72 Å². The van der Waals surface area contributed by atoms with E-state index in [1.54, 1.807) is 30.3 Å². The molecule has 15 heavy (non-hydrogen) atoms. The van der Waals surface area contributed by atoms with Crippen molar-refractivity contribution in [3.8, 4) is 6.07 Å². The smallest absolute Gasteiger partial charge is 0.248 e. The molecule has 1 atom stereocenters. The third-order valence-corrected chi connectivity index (χ3v) is 3.84. The largest absolute Gasteiger partial charge is 0.282 e. The Labute approximate surface area is 97.1 Å². The van der Waals surface area contributed by atoms with Gasteiger partial charge in [0.1, 0.15) is 0 Å². The number of anilines is 1. The standard InChI is InChI=1S/C9H9BrN2O2S/c1-7(6-11)15(13,14)12-9-4-2-8(10)3-5-9/h2-5,7,12H,1H3. The van der Waals surface area contributed by atoms with E-state index in [2.05, 4.69) is 20.7 Å². The predicted molar refractivity (Wildman–Crippen MR) is 61.8 cm³/mol. The minimum atomic E-state index is -3.60. The molecule has 1 rings (SSSR count). The van der Waals surface area contributed by atoms with Gasteiger partial charge in [-0.15, -0.1) is 0 Å². The summed E-state index contributed by atoms with van der Waals surface area (Å²) in [7, 11) is -3.60. The van der Waals surface area contributed by atoms with Crippen LogP contribution < -0.4 is 4.72 Å². The average molecular weight is 289 g/mol. The number of nitrogens with zero attached hydrogens (tertiary/aromatic N) is 1. The number of benzene rings is 1. The molecular weight excluding hydrogens is 280 g/mol. The zero-order valence-corrected chi connectivity index (χ0v) is 10.3. The number of hydrogen-bond acceptors (Lipinski definition) is 3. The summed E-state index contributed by atoms with van der Waals surface area (Å²) in [5.41, 5.74) is 0.445. The first kappa shape index (κ1) is 12.0. The third-order valence-electron chi connectivity index (χ3n) is 1.75. The van der Waals surface area contributed by atoms with E-state index in [4.69, 9.17) is 5.26 Å².